The summed E-state index contributed by atoms with van der Waals surface area (Å²) in [5.41, 5.74) is 4.35. The van der Waals surface area contributed by atoms with E-state index in [4.69, 9.17) is 12.2 Å². The summed E-state index contributed by atoms with van der Waals surface area (Å²) in [4.78, 5) is 2.18. The molecule has 5 heteroatoms. The molecule has 1 aliphatic rings. The Kier molecular flexibility index (Phi) is 4.47. The van der Waals surface area contributed by atoms with Crippen molar-refractivity contribution in [2.24, 2.45) is 0 Å². The van der Waals surface area contributed by atoms with E-state index in [1.165, 1.54) is 17.7 Å². The van der Waals surface area contributed by atoms with Gasteiger partial charge in [0.15, 0.2) is 5.11 Å². The number of fused-ring (bicyclic) bond motifs is 1. The Morgan fingerprint density at radius 2 is 1.88 bits per heavy atom. The van der Waals surface area contributed by atoms with Crippen LogP contribution in [0, 0.1) is 12.7 Å². The van der Waals surface area contributed by atoms with E-state index in [-0.39, 0.29) is 11.9 Å². The van der Waals surface area contributed by atoms with Gasteiger partial charge in [-0.25, -0.2) is 4.39 Å². The number of rotatable bonds is 2. The van der Waals surface area contributed by atoms with Crippen LogP contribution in [0.15, 0.2) is 66.9 Å². The Hall–Kier alpha value is -2.66. The van der Waals surface area contributed by atoms with Crippen LogP contribution in [-0.4, -0.2) is 21.1 Å². The van der Waals surface area contributed by atoms with Gasteiger partial charge in [-0.05, 0) is 66.7 Å². The molecule has 0 aliphatic carbocycles. The molecule has 1 aromatic heterocycles. The van der Waals surface area contributed by atoms with Gasteiger partial charge in [-0.15, -0.1) is 0 Å². The quantitative estimate of drug-likeness (QED) is 0.663. The minimum Gasteiger partial charge on any atom is -0.348 e. The molecule has 0 spiro atoms. The summed E-state index contributed by atoms with van der Waals surface area (Å²) < 4.78 is 15.6. The van der Waals surface area contributed by atoms with Crippen molar-refractivity contribution in [2.75, 3.05) is 11.9 Å². The van der Waals surface area contributed by atoms with Crippen molar-refractivity contribution in [2.45, 2.75) is 19.5 Å². The van der Waals surface area contributed by atoms with Crippen LogP contribution in [0.4, 0.5) is 10.1 Å². The molecular formula is C21H20FN3S. The molecule has 4 rings (SSSR count). The van der Waals surface area contributed by atoms with Crippen molar-refractivity contribution in [1.82, 2.24) is 9.47 Å². The maximum atomic E-state index is 13.4. The van der Waals surface area contributed by atoms with Gasteiger partial charge in [-0.1, -0.05) is 24.3 Å². The van der Waals surface area contributed by atoms with Crippen molar-refractivity contribution >= 4 is 23.0 Å². The van der Waals surface area contributed by atoms with E-state index in [0.29, 0.717) is 5.11 Å². The Balaban J connectivity index is 1.67. The Morgan fingerprint density at radius 3 is 2.65 bits per heavy atom. The van der Waals surface area contributed by atoms with Gasteiger partial charge in [-0.3, -0.25) is 0 Å². The molecule has 0 saturated heterocycles. The van der Waals surface area contributed by atoms with E-state index in [2.05, 4.69) is 46.1 Å². The third-order valence-electron chi connectivity index (χ3n) is 4.75. The number of halogens is 1. The monoisotopic (exact) mass is 365 g/mol. The molecule has 0 saturated carbocycles. The average molecular weight is 365 g/mol. The normalized spacial score (nSPS) is 16.2. The standard InChI is InChI=1S/C21H20FN3S/c1-15-4-2-5-18(14-15)23-21(26)25-13-12-24-11-3-6-19(24)20(25)16-7-9-17(22)10-8-16/h2-11,14,20H,12-13H2,1H3,(H,23,26). The topological polar surface area (TPSA) is 20.2 Å². The van der Waals surface area contributed by atoms with Gasteiger partial charge in [-0.2, -0.15) is 0 Å². The van der Waals surface area contributed by atoms with E-state index in [9.17, 15) is 4.39 Å². The zero-order chi connectivity index (χ0) is 18.1. The van der Waals surface area contributed by atoms with Gasteiger partial charge in [0.05, 0.1) is 6.04 Å². The Morgan fingerprint density at radius 1 is 1.08 bits per heavy atom. The van der Waals surface area contributed by atoms with Crippen molar-refractivity contribution < 1.29 is 4.39 Å². The zero-order valence-electron chi connectivity index (χ0n) is 14.5. The highest BCUT2D eigenvalue weighted by Crippen LogP contribution is 2.33. The number of hydrogen-bond acceptors (Lipinski definition) is 1. The van der Waals surface area contributed by atoms with Gasteiger partial charge in [0.25, 0.3) is 0 Å². The molecule has 3 nitrogen and oxygen atoms in total. The van der Waals surface area contributed by atoms with Crippen LogP contribution in [-0.2, 0) is 6.54 Å². The molecule has 1 unspecified atom stereocenters. The molecule has 1 atom stereocenters. The summed E-state index contributed by atoms with van der Waals surface area (Å²) in [5.74, 6) is -0.230. The van der Waals surface area contributed by atoms with Gasteiger partial charge in [0.1, 0.15) is 5.82 Å². The van der Waals surface area contributed by atoms with Gasteiger partial charge in [0, 0.05) is 30.7 Å². The molecule has 0 amide bonds. The fourth-order valence-corrected chi connectivity index (χ4v) is 3.83. The number of aryl methyl sites for hydroxylation is 1. The first-order valence-corrected chi connectivity index (χ1v) is 9.07. The molecule has 1 aliphatic heterocycles. The van der Waals surface area contributed by atoms with Crippen molar-refractivity contribution in [3.8, 4) is 0 Å². The molecule has 0 bridgehead atoms. The summed E-state index contributed by atoms with van der Waals surface area (Å²) in [5, 5.41) is 4.04. The number of nitrogens with one attached hydrogen (secondary N) is 1. The van der Waals surface area contributed by atoms with Crippen LogP contribution in [0.2, 0.25) is 0 Å². The molecule has 0 radical (unpaired) electrons. The first kappa shape index (κ1) is 16.8. The lowest BCUT2D eigenvalue weighted by Gasteiger charge is -2.39. The number of benzene rings is 2. The van der Waals surface area contributed by atoms with E-state index in [1.807, 2.05) is 30.3 Å². The number of hydrogen-bond donors (Lipinski definition) is 1. The predicted octanol–water partition coefficient (Wildman–Crippen LogP) is 4.74. The van der Waals surface area contributed by atoms with E-state index >= 15 is 0 Å². The lowest BCUT2D eigenvalue weighted by Crippen LogP contribution is -2.44. The van der Waals surface area contributed by atoms with E-state index < -0.39 is 0 Å². The summed E-state index contributed by atoms with van der Waals surface area (Å²) in [7, 11) is 0. The molecule has 1 N–H and O–H groups in total. The Labute approximate surface area is 158 Å². The molecule has 3 aromatic rings. The first-order chi connectivity index (χ1) is 12.6. The lowest BCUT2D eigenvalue weighted by atomic mass is 10.0. The van der Waals surface area contributed by atoms with Crippen LogP contribution in [0.25, 0.3) is 0 Å². The second kappa shape index (κ2) is 6.92. The molecule has 2 heterocycles. The highest BCUT2D eigenvalue weighted by atomic mass is 32.1. The highest BCUT2D eigenvalue weighted by Gasteiger charge is 2.30. The number of thiocarbonyl (C=S) groups is 1. The van der Waals surface area contributed by atoms with Gasteiger partial charge >= 0.3 is 0 Å². The van der Waals surface area contributed by atoms with Crippen LogP contribution in [0.5, 0.6) is 0 Å². The molecule has 26 heavy (non-hydrogen) atoms. The Bertz CT molecular complexity index is 932. The van der Waals surface area contributed by atoms with Crippen molar-refractivity contribution in [3.05, 3.63) is 89.5 Å². The van der Waals surface area contributed by atoms with Crippen LogP contribution < -0.4 is 5.32 Å². The minimum absolute atomic E-state index is 0.0378. The highest BCUT2D eigenvalue weighted by molar-refractivity contribution is 7.80. The smallest absolute Gasteiger partial charge is 0.174 e. The van der Waals surface area contributed by atoms with Crippen LogP contribution in [0.3, 0.4) is 0 Å². The van der Waals surface area contributed by atoms with E-state index in [0.717, 1.165) is 30.0 Å². The maximum absolute atomic E-state index is 13.4. The number of anilines is 1. The summed E-state index contributed by atoms with van der Waals surface area (Å²) in [6.45, 7) is 3.72. The van der Waals surface area contributed by atoms with Crippen molar-refractivity contribution in [3.63, 3.8) is 0 Å². The van der Waals surface area contributed by atoms with Gasteiger partial charge in [0.2, 0.25) is 0 Å². The average Bonchev–Trinajstić information content (AvgIpc) is 3.10. The largest absolute Gasteiger partial charge is 0.348 e. The van der Waals surface area contributed by atoms with Crippen LogP contribution >= 0.6 is 12.2 Å². The molecular weight excluding hydrogens is 345 g/mol. The summed E-state index contributed by atoms with van der Waals surface area (Å²) in [6.07, 6.45) is 2.08. The predicted molar refractivity (Wildman–Crippen MR) is 107 cm³/mol. The zero-order valence-corrected chi connectivity index (χ0v) is 15.3. The number of aromatic nitrogens is 1. The number of nitrogens with zero attached hydrogens (tertiary/aromatic N) is 2. The summed E-state index contributed by atoms with van der Waals surface area (Å²) >= 11 is 5.74. The first-order valence-electron chi connectivity index (χ1n) is 8.66. The van der Waals surface area contributed by atoms with Gasteiger partial charge < -0.3 is 14.8 Å². The SMILES string of the molecule is Cc1cccc(NC(=S)N2CCn3cccc3C2c2ccc(F)cc2)c1. The lowest BCUT2D eigenvalue weighted by molar-refractivity contribution is 0.293. The van der Waals surface area contributed by atoms with E-state index in [1.54, 1.807) is 0 Å². The molecule has 132 valence electrons. The molecule has 2 aromatic carbocycles. The van der Waals surface area contributed by atoms with Crippen molar-refractivity contribution in [1.29, 1.82) is 0 Å². The molecule has 0 fully saturated rings. The maximum Gasteiger partial charge on any atom is 0.174 e. The third-order valence-corrected chi connectivity index (χ3v) is 5.09. The minimum atomic E-state index is -0.230. The second-order valence-corrected chi connectivity index (χ2v) is 6.96. The van der Waals surface area contributed by atoms with Crippen LogP contribution in [0.1, 0.15) is 22.9 Å². The third kappa shape index (κ3) is 3.22. The summed E-state index contributed by atoms with van der Waals surface area (Å²) in [6, 6.07) is 19.0. The fraction of sp³-hybridized carbons (Fsp3) is 0.190. The second-order valence-electron chi connectivity index (χ2n) is 6.57. The fourth-order valence-electron chi connectivity index (χ4n) is 3.52.